The number of carbonyl (C=O) groups is 1. The maximum absolute atomic E-state index is 13.1. The number of nitrogens with one attached hydrogen (secondary N) is 3. The van der Waals surface area contributed by atoms with Crippen LogP contribution in [0.1, 0.15) is 93.4 Å². The summed E-state index contributed by atoms with van der Waals surface area (Å²) in [6.07, 6.45) is 8.77. The number of aromatic amines is 1. The van der Waals surface area contributed by atoms with Crippen molar-refractivity contribution in [2.75, 3.05) is 35.1 Å². The molecule has 2 fully saturated rings. The third-order valence-corrected chi connectivity index (χ3v) is 14.3. The highest BCUT2D eigenvalue weighted by atomic mass is 35.5. The standard InChI is InChI=1S/C51H57ClN8O8S/c1-5-69(63,64)58-37-12-17-47(43(28-37)44-31-59(4)51(62)49-42(44)19-23-54-49)68-40-8-6-7-34(27-40)33(3)65-26-22-32(2)66-39-20-24-60(25-21-39)48-18-16-46(56-57-48)50(61)55-36-10-14-38(15-11-36)67-41-13-9-35(30-53)45(52)29-41/h6-9,12-13,16-19,23,27-29,31-33,36,38-39,54,58H,5,10-11,14-15,20-22,24-26H2,1-4H3,(H,55,61). The van der Waals surface area contributed by atoms with E-state index in [1.807, 2.05) is 43.3 Å². The van der Waals surface area contributed by atoms with Gasteiger partial charge in [0.2, 0.25) is 10.0 Å². The first-order chi connectivity index (χ1) is 33.2. The number of aryl methyl sites for hydroxylation is 1. The molecule has 1 aliphatic carbocycles. The van der Waals surface area contributed by atoms with Gasteiger partial charge in [0.05, 0.1) is 40.8 Å². The zero-order valence-corrected chi connectivity index (χ0v) is 40.7. The second-order valence-electron chi connectivity index (χ2n) is 17.6. The van der Waals surface area contributed by atoms with E-state index in [9.17, 15) is 18.0 Å². The van der Waals surface area contributed by atoms with E-state index in [4.69, 9.17) is 35.8 Å². The highest BCUT2D eigenvalue weighted by molar-refractivity contribution is 7.92. The third kappa shape index (κ3) is 12.2. The zero-order valence-electron chi connectivity index (χ0n) is 39.1. The highest BCUT2D eigenvalue weighted by Gasteiger charge is 2.27. The average molecular weight is 978 g/mol. The Morgan fingerprint density at radius 1 is 0.942 bits per heavy atom. The molecule has 0 bridgehead atoms. The van der Waals surface area contributed by atoms with Gasteiger partial charge in [0.1, 0.15) is 28.8 Å². The molecule has 2 unspecified atom stereocenters. The number of piperidine rings is 1. The number of benzene rings is 3. The smallest absolute Gasteiger partial charge is 0.274 e. The molecule has 18 heteroatoms. The van der Waals surface area contributed by atoms with Crippen molar-refractivity contribution < 1.29 is 32.2 Å². The lowest BCUT2D eigenvalue weighted by atomic mass is 9.93. The van der Waals surface area contributed by atoms with E-state index < -0.39 is 10.0 Å². The topological polar surface area (TPSA) is 203 Å². The molecular formula is C51H57ClN8O8S. The first-order valence-corrected chi connectivity index (χ1v) is 25.4. The Morgan fingerprint density at radius 2 is 1.74 bits per heavy atom. The molecule has 2 aliphatic rings. The number of H-pyrrole nitrogens is 1. The van der Waals surface area contributed by atoms with Crippen LogP contribution in [-0.2, 0) is 26.5 Å². The number of rotatable bonds is 18. The van der Waals surface area contributed by atoms with Gasteiger partial charge in [-0.05, 0) is 132 Å². The number of nitrogens with zero attached hydrogens (tertiary/aromatic N) is 5. The number of hydrogen-bond acceptors (Lipinski definition) is 12. The molecule has 8 rings (SSSR count). The molecule has 1 saturated carbocycles. The van der Waals surface area contributed by atoms with Crippen molar-refractivity contribution in [2.24, 2.45) is 7.05 Å². The van der Waals surface area contributed by atoms with Gasteiger partial charge in [0.15, 0.2) is 11.5 Å². The first-order valence-electron chi connectivity index (χ1n) is 23.4. The molecular weight excluding hydrogens is 920 g/mol. The van der Waals surface area contributed by atoms with Gasteiger partial charge < -0.3 is 38.7 Å². The van der Waals surface area contributed by atoms with Crippen molar-refractivity contribution in [1.82, 2.24) is 25.1 Å². The predicted molar refractivity (Wildman–Crippen MR) is 266 cm³/mol. The lowest BCUT2D eigenvalue weighted by Gasteiger charge is -2.33. The van der Waals surface area contributed by atoms with Crippen LogP contribution < -0.4 is 30.0 Å². The lowest BCUT2D eigenvalue weighted by molar-refractivity contribution is -0.0371. The maximum atomic E-state index is 13.1. The Balaban J connectivity index is 0.778. The Morgan fingerprint density at radius 3 is 2.46 bits per heavy atom. The third-order valence-electron chi connectivity index (χ3n) is 12.7. The largest absolute Gasteiger partial charge is 0.490 e. The summed E-state index contributed by atoms with van der Waals surface area (Å²) >= 11 is 6.16. The van der Waals surface area contributed by atoms with Crippen LogP contribution in [-0.4, -0.2) is 83.9 Å². The molecule has 4 heterocycles. The molecule has 362 valence electrons. The summed E-state index contributed by atoms with van der Waals surface area (Å²) < 4.78 is 54.4. The SMILES string of the molecule is CCS(=O)(=O)Nc1ccc(Oc2cccc(C(C)OCCC(C)OC3CCN(c4ccc(C(=O)NC5CCC(Oc6ccc(C#N)c(Cl)c6)CC5)nn4)CC3)c2)c(-c2cn(C)c(=O)c3[nH]ccc23)c1. The predicted octanol–water partition coefficient (Wildman–Crippen LogP) is 9.06. The van der Waals surface area contributed by atoms with Crippen molar-refractivity contribution in [3.05, 3.63) is 123 Å². The quantitative estimate of drug-likeness (QED) is 0.0739. The fourth-order valence-corrected chi connectivity index (χ4v) is 9.61. The van der Waals surface area contributed by atoms with Crippen molar-refractivity contribution in [3.63, 3.8) is 0 Å². The zero-order chi connectivity index (χ0) is 48.7. The number of sulfonamides is 1. The number of nitriles is 1. The van der Waals surface area contributed by atoms with Crippen LogP contribution in [0.5, 0.6) is 17.2 Å². The van der Waals surface area contributed by atoms with Gasteiger partial charge in [-0.3, -0.25) is 14.3 Å². The molecule has 3 aromatic heterocycles. The van der Waals surface area contributed by atoms with Gasteiger partial charge in [0.25, 0.3) is 11.5 Å². The van der Waals surface area contributed by atoms with Crippen LogP contribution >= 0.6 is 11.6 Å². The van der Waals surface area contributed by atoms with Crippen LogP contribution in [0.25, 0.3) is 22.0 Å². The van der Waals surface area contributed by atoms with Gasteiger partial charge in [-0.2, -0.15) is 5.26 Å². The van der Waals surface area contributed by atoms with Crippen LogP contribution in [0.4, 0.5) is 11.5 Å². The summed E-state index contributed by atoms with van der Waals surface area (Å²) in [7, 11) is -1.88. The summed E-state index contributed by atoms with van der Waals surface area (Å²) in [6.45, 7) is 7.65. The molecule has 3 aromatic carbocycles. The molecule has 16 nitrogen and oxygen atoms in total. The molecule has 0 spiro atoms. The number of ether oxygens (including phenoxy) is 4. The van der Waals surface area contributed by atoms with E-state index in [1.54, 1.807) is 68.8 Å². The molecule has 3 N–H and O–H groups in total. The first kappa shape index (κ1) is 49.0. The van der Waals surface area contributed by atoms with Gasteiger partial charge in [-0.1, -0.05) is 23.7 Å². The Bertz CT molecular complexity index is 2980. The van der Waals surface area contributed by atoms with Crippen molar-refractivity contribution in [1.29, 1.82) is 5.26 Å². The van der Waals surface area contributed by atoms with Crippen LogP contribution in [0, 0.1) is 11.3 Å². The van der Waals surface area contributed by atoms with Gasteiger partial charge >= 0.3 is 0 Å². The minimum absolute atomic E-state index is 0.00958. The van der Waals surface area contributed by atoms with Crippen molar-refractivity contribution in [2.45, 2.75) is 96.2 Å². The Hall–Kier alpha value is -6.45. The van der Waals surface area contributed by atoms with Gasteiger partial charge in [0, 0.05) is 73.4 Å². The molecule has 6 aromatic rings. The van der Waals surface area contributed by atoms with E-state index in [-0.39, 0.29) is 53.4 Å². The minimum Gasteiger partial charge on any atom is -0.490 e. The fourth-order valence-electron chi connectivity index (χ4n) is 8.76. The monoisotopic (exact) mass is 976 g/mol. The maximum Gasteiger partial charge on any atom is 0.274 e. The molecule has 0 radical (unpaired) electrons. The fraction of sp³-hybridized carbons (Fsp3) is 0.392. The molecule has 1 amide bonds. The Labute approximate surface area is 406 Å². The lowest BCUT2D eigenvalue weighted by Crippen LogP contribution is -2.40. The molecule has 1 saturated heterocycles. The number of fused-ring (bicyclic) bond motifs is 1. The number of pyridine rings is 1. The summed E-state index contributed by atoms with van der Waals surface area (Å²) in [5.41, 5.74) is 3.56. The number of halogens is 1. The van der Waals surface area contributed by atoms with E-state index in [0.29, 0.717) is 68.6 Å². The molecule has 69 heavy (non-hydrogen) atoms. The number of anilines is 2. The van der Waals surface area contributed by atoms with Crippen LogP contribution in [0.2, 0.25) is 5.02 Å². The van der Waals surface area contributed by atoms with E-state index in [2.05, 4.69) is 43.1 Å². The average Bonchev–Trinajstić information content (AvgIpc) is 3.85. The Kier molecular flexibility index (Phi) is 15.5. The number of carbonyl (C=O) groups excluding carboxylic acids is 1. The van der Waals surface area contributed by atoms with E-state index >= 15 is 0 Å². The normalized spacial score (nSPS) is 17.5. The van der Waals surface area contributed by atoms with Crippen LogP contribution in [0.3, 0.4) is 0 Å². The van der Waals surface area contributed by atoms with Crippen molar-refractivity contribution >= 4 is 49.9 Å². The summed E-state index contributed by atoms with van der Waals surface area (Å²) in [6, 6.07) is 25.3. The number of hydrogen-bond donors (Lipinski definition) is 3. The minimum atomic E-state index is -3.55. The van der Waals surface area contributed by atoms with Crippen LogP contribution in [0.15, 0.2) is 96.1 Å². The number of amides is 1. The highest BCUT2D eigenvalue weighted by Crippen LogP contribution is 2.39. The van der Waals surface area contributed by atoms with E-state index in [0.717, 1.165) is 63.0 Å². The summed E-state index contributed by atoms with van der Waals surface area (Å²) in [4.78, 5) is 31.1. The molecule has 1 aliphatic heterocycles. The second-order valence-corrected chi connectivity index (χ2v) is 20.1. The summed E-state index contributed by atoms with van der Waals surface area (Å²) in [5, 5.41) is 21.9. The van der Waals surface area contributed by atoms with E-state index in [1.165, 1.54) is 4.57 Å². The summed E-state index contributed by atoms with van der Waals surface area (Å²) in [5.74, 6) is 2.10. The van der Waals surface area contributed by atoms with Gasteiger partial charge in [-0.25, -0.2) is 8.42 Å². The molecule has 2 atom stereocenters. The second kappa shape index (κ2) is 21.9. The number of aromatic nitrogens is 4. The van der Waals surface area contributed by atoms with Crippen molar-refractivity contribution in [3.8, 4) is 34.4 Å². The van der Waals surface area contributed by atoms with Gasteiger partial charge in [-0.15, -0.1) is 10.2 Å².